The highest BCUT2D eigenvalue weighted by Gasteiger charge is 2.30. The minimum Gasteiger partial charge on any atom is -0.508 e. The van der Waals surface area contributed by atoms with Gasteiger partial charge in [0.15, 0.2) is 0 Å². The molecule has 1 aliphatic carbocycles. The van der Waals surface area contributed by atoms with Crippen molar-refractivity contribution in [1.82, 2.24) is 0 Å². The zero-order valence-corrected chi connectivity index (χ0v) is 12.1. The van der Waals surface area contributed by atoms with Crippen LogP contribution in [0.2, 0.25) is 0 Å². The van der Waals surface area contributed by atoms with Crippen LogP contribution in [-0.2, 0) is 0 Å². The third-order valence-corrected chi connectivity index (χ3v) is 4.13. The fourth-order valence-corrected chi connectivity index (χ4v) is 2.96. The van der Waals surface area contributed by atoms with E-state index in [1.165, 1.54) is 0 Å². The van der Waals surface area contributed by atoms with Crippen molar-refractivity contribution in [3.05, 3.63) is 77.9 Å². The summed E-state index contributed by atoms with van der Waals surface area (Å²) >= 11 is 0. The summed E-state index contributed by atoms with van der Waals surface area (Å²) in [6.07, 6.45) is 0. The average molecular weight is 300 g/mol. The molecule has 0 saturated heterocycles. The molecule has 0 radical (unpaired) electrons. The molecular weight excluding hydrogens is 288 g/mol. The molecule has 0 amide bonds. The maximum atomic E-state index is 12.3. The first-order chi connectivity index (χ1) is 11.1. The van der Waals surface area contributed by atoms with Gasteiger partial charge >= 0.3 is 0 Å². The number of Topliss-reactive ketones (excluding diaryl/α,β-unsaturated/α-hetero) is 2. The van der Waals surface area contributed by atoms with E-state index in [0.717, 1.165) is 22.3 Å². The highest BCUT2D eigenvalue weighted by molar-refractivity contribution is 6.53. The molecule has 3 nitrogen and oxygen atoms in total. The molecule has 0 aromatic heterocycles. The van der Waals surface area contributed by atoms with Crippen molar-refractivity contribution in [1.29, 1.82) is 0 Å². The summed E-state index contributed by atoms with van der Waals surface area (Å²) in [5.41, 5.74) is 4.32. The maximum Gasteiger partial charge on any atom is 0.234 e. The molecule has 23 heavy (non-hydrogen) atoms. The molecule has 4 rings (SSSR count). The molecule has 0 bridgehead atoms. The predicted octanol–water partition coefficient (Wildman–Crippen LogP) is 4.11. The summed E-state index contributed by atoms with van der Waals surface area (Å²) in [5.74, 6) is -0.709. The highest BCUT2D eigenvalue weighted by atomic mass is 16.3. The number of benzene rings is 3. The molecule has 110 valence electrons. The average Bonchev–Trinajstić information content (AvgIpc) is 2.60. The standard InChI is InChI=1S/C20H12O3/c21-14-8-5-12(6-9-14)13-7-10-17-18(11-13)15-3-1-2-4-16(15)19(22)20(17)23/h1-11,21H. The Morgan fingerprint density at radius 1 is 0.565 bits per heavy atom. The smallest absolute Gasteiger partial charge is 0.234 e. The Balaban J connectivity index is 1.94. The Kier molecular flexibility index (Phi) is 2.88. The van der Waals surface area contributed by atoms with Gasteiger partial charge in [-0.1, -0.05) is 42.5 Å². The fourth-order valence-electron chi connectivity index (χ4n) is 2.96. The number of carbonyl (C=O) groups excluding carboxylic acids is 2. The number of carbonyl (C=O) groups is 2. The topological polar surface area (TPSA) is 54.4 Å². The van der Waals surface area contributed by atoms with Gasteiger partial charge in [0, 0.05) is 11.1 Å². The molecule has 3 aromatic carbocycles. The van der Waals surface area contributed by atoms with Crippen molar-refractivity contribution >= 4 is 11.6 Å². The molecular formula is C20H12O3. The van der Waals surface area contributed by atoms with Gasteiger partial charge in [0.25, 0.3) is 0 Å². The molecule has 0 spiro atoms. The molecule has 1 aliphatic rings. The highest BCUT2D eigenvalue weighted by Crippen LogP contribution is 2.36. The van der Waals surface area contributed by atoms with E-state index in [1.807, 2.05) is 36.4 Å². The molecule has 0 aliphatic heterocycles. The van der Waals surface area contributed by atoms with E-state index in [4.69, 9.17) is 0 Å². The summed E-state index contributed by atoms with van der Waals surface area (Å²) in [5, 5.41) is 9.41. The van der Waals surface area contributed by atoms with Crippen LogP contribution in [-0.4, -0.2) is 16.7 Å². The minimum atomic E-state index is -0.462. The first kappa shape index (κ1) is 13.5. The monoisotopic (exact) mass is 300 g/mol. The van der Waals surface area contributed by atoms with Crippen molar-refractivity contribution in [3.8, 4) is 28.0 Å². The molecule has 0 saturated carbocycles. The van der Waals surface area contributed by atoms with Gasteiger partial charge in [-0.2, -0.15) is 0 Å². The summed E-state index contributed by atoms with van der Waals surface area (Å²) in [7, 11) is 0. The summed E-state index contributed by atoms with van der Waals surface area (Å²) in [6, 6.07) is 19.5. The van der Waals surface area contributed by atoms with Gasteiger partial charge in [-0.05, 0) is 46.5 Å². The first-order valence-electron chi connectivity index (χ1n) is 7.27. The van der Waals surface area contributed by atoms with E-state index >= 15 is 0 Å². The Morgan fingerprint density at radius 2 is 1.13 bits per heavy atom. The van der Waals surface area contributed by atoms with Crippen molar-refractivity contribution in [3.63, 3.8) is 0 Å². The zero-order chi connectivity index (χ0) is 16.0. The largest absolute Gasteiger partial charge is 0.508 e. The van der Waals surface area contributed by atoms with E-state index in [9.17, 15) is 14.7 Å². The Bertz CT molecular complexity index is 953. The second-order valence-electron chi connectivity index (χ2n) is 5.51. The van der Waals surface area contributed by atoms with Crippen molar-refractivity contribution in [2.75, 3.05) is 0 Å². The van der Waals surface area contributed by atoms with Gasteiger partial charge in [-0.25, -0.2) is 0 Å². The van der Waals surface area contributed by atoms with Gasteiger partial charge in [0.1, 0.15) is 5.75 Å². The van der Waals surface area contributed by atoms with Gasteiger partial charge in [0.05, 0.1) is 0 Å². The number of fused-ring (bicyclic) bond motifs is 3. The lowest BCUT2D eigenvalue weighted by molar-refractivity contribution is 0.0815. The van der Waals surface area contributed by atoms with Crippen LogP contribution in [0.1, 0.15) is 20.7 Å². The fraction of sp³-hybridized carbons (Fsp3) is 0. The normalized spacial score (nSPS) is 12.7. The second-order valence-corrected chi connectivity index (χ2v) is 5.51. The number of aromatic hydroxyl groups is 1. The molecule has 0 heterocycles. The number of hydrogen-bond donors (Lipinski definition) is 1. The van der Waals surface area contributed by atoms with Crippen LogP contribution in [0.15, 0.2) is 66.7 Å². The number of ketones is 2. The Labute approximate surface area is 132 Å². The third kappa shape index (κ3) is 2.06. The molecule has 1 N–H and O–H groups in total. The lowest BCUT2D eigenvalue weighted by atomic mass is 9.82. The van der Waals surface area contributed by atoms with Gasteiger partial charge in [0.2, 0.25) is 11.6 Å². The SMILES string of the molecule is O=C1C(=O)c2ccc(-c3ccc(O)cc3)cc2-c2ccccc21. The van der Waals surface area contributed by atoms with Crippen LogP contribution in [0.25, 0.3) is 22.3 Å². The van der Waals surface area contributed by atoms with Crippen molar-refractivity contribution < 1.29 is 14.7 Å². The number of rotatable bonds is 1. The van der Waals surface area contributed by atoms with E-state index in [1.54, 1.807) is 30.3 Å². The summed E-state index contributed by atoms with van der Waals surface area (Å²) < 4.78 is 0. The predicted molar refractivity (Wildman–Crippen MR) is 87.6 cm³/mol. The van der Waals surface area contributed by atoms with Gasteiger partial charge in [-0.3, -0.25) is 9.59 Å². The summed E-state index contributed by atoms with van der Waals surface area (Å²) in [4.78, 5) is 24.5. The molecule has 3 heteroatoms. The molecule has 3 aromatic rings. The van der Waals surface area contributed by atoms with E-state index < -0.39 is 11.6 Å². The maximum absolute atomic E-state index is 12.3. The Hall–Kier alpha value is -3.20. The van der Waals surface area contributed by atoms with Gasteiger partial charge in [-0.15, -0.1) is 0 Å². The van der Waals surface area contributed by atoms with Crippen LogP contribution in [0.3, 0.4) is 0 Å². The van der Waals surface area contributed by atoms with Gasteiger partial charge < -0.3 is 5.11 Å². The van der Waals surface area contributed by atoms with Crippen LogP contribution in [0.5, 0.6) is 5.75 Å². The number of phenolic OH excluding ortho intramolecular Hbond substituents is 1. The molecule has 0 fully saturated rings. The van der Waals surface area contributed by atoms with Crippen LogP contribution >= 0.6 is 0 Å². The minimum absolute atomic E-state index is 0.206. The quantitative estimate of drug-likeness (QED) is 0.688. The Morgan fingerprint density at radius 3 is 1.83 bits per heavy atom. The van der Waals surface area contributed by atoms with E-state index in [0.29, 0.717) is 11.1 Å². The van der Waals surface area contributed by atoms with Crippen LogP contribution in [0.4, 0.5) is 0 Å². The number of hydrogen-bond acceptors (Lipinski definition) is 3. The third-order valence-electron chi connectivity index (χ3n) is 4.13. The van der Waals surface area contributed by atoms with E-state index in [-0.39, 0.29) is 5.75 Å². The second kappa shape index (κ2) is 4.92. The lowest BCUT2D eigenvalue weighted by Crippen LogP contribution is -2.21. The molecule has 0 atom stereocenters. The lowest BCUT2D eigenvalue weighted by Gasteiger charge is -2.18. The number of phenols is 1. The van der Waals surface area contributed by atoms with Crippen LogP contribution < -0.4 is 0 Å². The van der Waals surface area contributed by atoms with Crippen molar-refractivity contribution in [2.45, 2.75) is 0 Å². The van der Waals surface area contributed by atoms with Crippen molar-refractivity contribution in [2.24, 2.45) is 0 Å². The summed E-state index contributed by atoms with van der Waals surface area (Å²) in [6.45, 7) is 0. The van der Waals surface area contributed by atoms with Crippen LogP contribution in [0, 0.1) is 0 Å². The zero-order valence-electron chi connectivity index (χ0n) is 12.1. The molecule has 0 unspecified atom stereocenters. The first-order valence-corrected chi connectivity index (χ1v) is 7.27. The van der Waals surface area contributed by atoms with E-state index in [2.05, 4.69) is 0 Å².